The summed E-state index contributed by atoms with van der Waals surface area (Å²) in [6.07, 6.45) is 1.80. The summed E-state index contributed by atoms with van der Waals surface area (Å²) in [7, 11) is -1.46. The highest BCUT2D eigenvalue weighted by molar-refractivity contribution is 6.69. The van der Waals surface area contributed by atoms with E-state index in [-0.39, 0.29) is 12.4 Å². The lowest BCUT2D eigenvalue weighted by atomic mass is 10.4. The van der Waals surface area contributed by atoms with Crippen LogP contribution in [0.5, 0.6) is 0 Å². The van der Waals surface area contributed by atoms with Crippen molar-refractivity contribution in [3.63, 3.8) is 0 Å². The third kappa shape index (κ3) is 9.30. The molecule has 0 aromatic heterocycles. The van der Waals surface area contributed by atoms with Gasteiger partial charge in [0.25, 0.3) is 0 Å². The van der Waals surface area contributed by atoms with E-state index < -0.39 is 8.32 Å². The van der Waals surface area contributed by atoms with E-state index >= 15 is 0 Å². The van der Waals surface area contributed by atoms with E-state index in [0.717, 1.165) is 0 Å². The molecule has 0 unspecified atom stereocenters. The second kappa shape index (κ2) is 5.94. The lowest BCUT2D eigenvalue weighted by Gasteiger charge is -2.16. The Bertz CT molecular complexity index is 172. The summed E-state index contributed by atoms with van der Waals surface area (Å²) in [5.41, 5.74) is 0. The van der Waals surface area contributed by atoms with E-state index in [9.17, 15) is 4.79 Å². The van der Waals surface area contributed by atoms with Crippen LogP contribution in [0.25, 0.3) is 0 Å². The Morgan fingerprint density at radius 1 is 1.38 bits per heavy atom. The van der Waals surface area contributed by atoms with Crippen LogP contribution >= 0.6 is 0 Å². The molecular weight excluding hydrogens is 184 g/mol. The van der Waals surface area contributed by atoms with E-state index in [0.29, 0.717) is 13.2 Å². The molecule has 0 aromatic rings. The summed E-state index contributed by atoms with van der Waals surface area (Å²) < 4.78 is 10.4. The quantitative estimate of drug-likeness (QED) is 0.286. The van der Waals surface area contributed by atoms with Crippen LogP contribution in [-0.2, 0) is 14.0 Å². The first-order valence-electron chi connectivity index (χ1n) is 4.36. The van der Waals surface area contributed by atoms with E-state index in [1.807, 2.05) is 0 Å². The Balaban J connectivity index is 3.36. The molecule has 4 heteroatoms. The van der Waals surface area contributed by atoms with Crippen LogP contribution in [0, 0.1) is 0 Å². The van der Waals surface area contributed by atoms with Crippen LogP contribution in [0.1, 0.15) is 6.42 Å². The number of esters is 1. The smallest absolute Gasteiger partial charge is 0.309 e. The predicted molar refractivity (Wildman–Crippen MR) is 55.1 cm³/mol. The van der Waals surface area contributed by atoms with Crippen LogP contribution in [0.2, 0.25) is 19.6 Å². The average Bonchev–Trinajstić information content (AvgIpc) is 1.97. The molecule has 13 heavy (non-hydrogen) atoms. The largest absolute Gasteiger partial charge is 0.463 e. The molecule has 0 aromatic carbocycles. The number of carbonyl (C=O) groups excluding carboxylic acids is 1. The standard InChI is InChI=1S/C9H18O3Si/c1-5-6-9(10)11-7-8-12-13(2,3)4/h5H,1,6-8H2,2-4H3. The number of ether oxygens (including phenoxy) is 1. The fourth-order valence-corrected chi connectivity index (χ4v) is 1.38. The first kappa shape index (κ1) is 12.4. The number of hydrogen-bond donors (Lipinski definition) is 0. The van der Waals surface area contributed by atoms with Gasteiger partial charge in [0.2, 0.25) is 0 Å². The van der Waals surface area contributed by atoms with Gasteiger partial charge in [0.15, 0.2) is 8.32 Å². The van der Waals surface area contributed by atoms with Crippen LogP contribution in [0.3, 0.4) is 0 Å². The van der Waals surface area contributed by atoms with Gasteiger partial charge >= 0.3 is 5.97 Å². The first-order valence-corrected chi connectivity index (χ1v) is 7.77. The van der Waals surface area contributed by atoms with Gasteiger partial charge in [-0.3, -0.25) is 4.79 Å². The van der Waals surface area contributed by atoms with Crippen molar-refractivity contribution >= 4 is 14.3 Å². The molecule has 0 radical (unpaired) electrons. The zero-order chi connectivity index (χ0) is 10.3. The van der Waals surface area contributed by atoms with Gasteiger partial charge in [-0.25, -0.2) is 0 Å². The lowest BCUT2D eigenvalue weighted by Crippen LogP contribution is -2.27. The molecule has 0 fully saturated rings. The molecule has 0 N–H and O–H groups in total. The minimum Gasteiger partial charge on any atom is -0.463 e. The molecule has 0 saturated heterocycles. The summed E-state index contributed by atoms with van der Waals surface area (Å²) in [6, 6.07) is 0. The molecule has 3 nitrogen and oxygen atoms in total. The van der Waals surface area contributed by atoms with Crippen LogP contribution < -0.4 is 0 Å². The molecule has 0 spiro atoms. The number of hydrogen-bond acceptors (Lipinski definition) is 3. The van der Waals surface area contributed by atoms with Crippen molar-refractivity contribution in [3.05, 3.63) is 12.7 Å². The van der Waals surface area contributed by atoms with Gasteiger partial charge in [-0.05, 0) is 19.6 Å². The summed E-state index contributed by atoms with van der Waals surface area (Å²) in [6.45, 7) is 10.6. The van der Waals surface area contributed by atoms with Gasteiger partial charge in [-0.15, -0.1) is 6.58 Å². The summed E-state index contributed by atoms with van der Waals surface area (Å²) >= 11 is 0. The molecule has 0 aliphatic rings. The van der Waals surface area contributed by atoms with E-state index in [1.54, 1.807) is 0 Å². The van der Waals surface area contributed by atoms with Gasteiger partial charge < -0.3 is 9.16 Å². The maximum Gasteiger partial charge on any atom is 0.309 e. The Labute approximate surface area is 80.9 Å². The lowest BCUT2D eigenvalue weighted by molar-refractivity contribution is -0.143. The first-order chi connectivity index (χ1) is 5.95. The van der Waals surface area contributed by atoms with E-state index in [4.69, 9.17) is 9.16 Å². The maximum absolute atomic E-state index is 10.8. The zero-order valence-corrected chi connectivity index (χ0v) is 9.63. The fraction of sp³-hybridized carbons (Fsp3) is 0.667. The van der Waals surface area contributed by atoms with E-state index in [2.05, 4.69) is 26.2 Å². The monoisotopic (exact) mass is 202 g/mol. The Kier molecular flexibility index (Phi) is 5.66. The molecule has 0 rings (SSSR count). The summed E-state index contributed by atoms with van der Waals surface area (Å²) in [4.78, 5) is 10.8. The van der Waals surface area contributed by atoms with Gasteiger partial charge in [0, 0.05) is 0 Å². The molecular formula is C9H18O3Si. The molecule has 76 valence electrons. The molecule has 0 bridgehead atoms. The molecule has 0 aliphatic heterocycles. The van der Waals surface area contributed by atoms with Gasteiger partial charge in [0.1, 0.15) is 6.61 Å². The Hall–Kier alpha value is -0.613. The SMILES string of the molecule is C=CCC(=O)OCCO[Si](C)(C)C. The molecule has 0 amide bonds. The van der Waals surface area contributed by atoms with Crippen molar-refractivity contribution in [2.45, 2.75) is 26.1 Å². The summed E-state index contributed by atoms with van der Waals surface area (Å²) in [5.74, 6) is -0.242. The second-order valence-electron chi connectivity index (χ2n) is 3.67. The fourth-order valence-electron chi connectivity index (χ4n) is 0.680. The highest BCUT2D eigenvalue weighted by Crippen LogP contribution is 2.01. The second-order valence-corrected chi connectivity index (χ2v) is 8.19. The molecule has 0 aliphatic carbocycles. The number of rotatable bonds is 6. The van der Waals surface area contributed by atoms with Crippen molar-refractivity contribution < 1.29 is 14.0 Å². The minimum atomic E-state index is -1.46. The molecule has 0 heterocycles. The Morgan fingerprint density at radius 2 is 2.00 bits per heavy atom. The minimum absolute atomic E-state index is 0.242. The zero-order valence-electron chi connectivity index (χ0n) is 8.63. The van der Waals surface area contributed by atoms with Crippen molar-refractivity contribution in [2.75, 3.05) is 13.2 Å². The highest BCUT2D eigenvalue weighted by Gasteiger charge is 2.13. The number of carbonyl (C=O) groups is 1. The molecule has 0 saturated carbocycles. The van der Waals surface area contributed by atoms with Crippen molar-refractivity contribution in [2.24, 2.45) is 0 Å². The van der Waals surface area contributed by atoms with E-state index in [1.165, 1.54) is 6.08 Å². The van der Waals surface area contributed by atoms with Gasteiger partial charge in [0.05, 0.1) is 13.0 Å². The van der Waals surface area contributed by atoms with Crippen LogP contribution in [0.4, 0.5) is 0 Å². The normalized spacial score (nSPS) is 11.0. The van der Waals surface area contributed by atoms with Crippen LogP contribution in [0.15, 0.2) is 12.7 Å². The van der Waals surface area contributed by atoms with Gasteiger partial charge in [-0.2, -0.15) is 0 Å². The Morgan fingerprint density at radius 3 is 2.46 bits per heavy atom. The molecule has 0 atom stereocenters. The maximum atomic E-state index is 10.8. The topological polar surface area (TPSA) is 35.5 Å². The van der Waals surface area contributed by atoms with Crippen molar-refractivity contribution in [1.29, 1.82) is 0 Å². The van der Waals surface area contributed by atoms with Crippen molar-refractivity contribution in [3.8, 4) is 0 Å². The van der Waals surface area contributed by atoms with Crippen LogP contribution in [-0.4, -0.2) is 27.5 Å². The predicted octanol–water partition coefficient (Wildman–Crippen LogP) is 1.96. The summed E-state index contributed by atoms with van der Waals surface area (Å²) in [5, 5.41) is 0. The average molecular weight is 202 g/mol. The third-order valence-corrected chi connectivity index (χ3v) is 2.26. The third-order valence-electron chi connectivity index (χ3n) is 1.19. The van der Waals surface area contributed by atoms with Crippen molar-refractivity contribution in [1.82, 2.24) is 0 Å². The van der Waals surface area contributed by atoms with Gasteiger partial charge in [-0.1, -0.05) is 6.08 Å². The highest BCUT2D eigenvalue weighted by atomic mass is 28.4.